The van der Waals surface area contributed by atoms with Crippen LogP contribution in [-0.4, -0.2) is 10.9 Å². The summed E-state index contributed by atoms with van der Waals surface area (Å²) in [5, 5.41) is 10.8. The van der Waals surface area contributed by atoms with Gasteiger partial charge in [0.2, 0.25) is 5.82 Å². The third-order valence-corrected chi connectivity index (χ3v) is 1.50. The molecule has 0 saturated heterocycles. The predicted octanol–water partition coefficient (Wildman–Crippen LogP) is 0.296. The van der Waals surface area contributed by atoms with Crippen molar-refractivity contribution in [2.75, 3.05) is 0 Å². The second-order valence-electron chi connectivity index (χ2n) is 2.25. The van der Waals surface area contributed by atoms with Crippen LogP contribution in [0.5, 0.6) is 0 Å². The quantitative estimate of drug-likeness (QED) is 0.642. The van der Waals surface area contributed by atoms with Gasteiger partial charge in [0.15, 0.2) is 0 Å². The van der Waals surface area contributed by atoms with E-state index < -0.39 is 11.0 Å². The second-order valence-corrected chi connectivity index (χ2v) is 2.68. The maximum atomic E-state index is 11.0. The number of hydrogen-bond acceptors (Lipinski definition) is 3. The molecule has 1 amide bonds. The highest BCUT2D eigenvalue weighted by molar-refractivity contribution is 6.30. The van der Waals surface area contributed by atoms with Crippen LogP contribution in [0.25, 0.3) is 0 Å². The molecule has 1 aromatic heterocycles. The van der Waals surface area contributed by atoms with Crippen LogP contribution in [0.3, 0.4) is 0 Å². The molecule has 1 rings (SSSR count). The van der Waals surface area contributed by atoms with Crippen molar-refractivity contribution in [3.8, 4) is 0 Å². The van der Waals surface area contributed by atoms with Crippen molar-refractivity contribution < 1.29 is 9.86 Å². The van der Waals surface area contributed by atoms with E-state index in [0.717, 1.165) is 0 Å². The molecule has 0 aliphatic rings. The van der Waals surface area contributed by atoms with Gasteiger partial charge in [0, 0.05) is 6.07 Å². The summed E-state index contributed by atoms with van der Waals surface area (Å²) < 4.78 is 0. The molecule has 0 fully saturated rings. The van der Waals surface area contributed by atoms with Gasteiger partial charge in [0.05, 0.1) is 18.1 Å². The van der Waals surface area contributed by atoms with Crippen LogP contribution >= 0.6 is 11.6 Å². The molecule has 12 heavy (non-hydrogen) atoms. The van der Waals surface area contributed by atoms with E-state index in [-0.39, 0.29) is 5.82 Å². The van der Waals surface area contributed by atoms with E-state index in [4.69, 9.17) is 11.6 Å². The van der Waals surface area contributed by atoms with Crippen molar-refractivity contribution in [3.05, 3.63) is 28.6 Å². The first-order chi connectivity index (χ1) is 5.61. The molecule has 1 atom stereocenters. The Balaban J connectivity index is 2.89. The van der Waals surface area contributed by atoms with Crippen LogP contribution in [-0.2, 0) is 4.79 Å². The minimum absolute atomic E-state index is 0.131. The van der Waals surface area contributed by atoms with Gasteiger partial charge < -0.3 is 5.21 Å². The first-order valence-electron chi connectivity index (χ1n) is 3.28. The van der Waals surface area contributed by atoms with Gasteiger partial charge in [-0.1, -0.05) is 11.6 Å². The van der Waals surface area contributed by atoms with Crippen molar-refractivity contribution in [3.63, 3.8) is 0 Å². The molecule has 0 aliphatic heterocycles. The minimum Gasteiger partial charge on any atom is -0.620 e. The van der Waals surface area contributed by atoms with Crippen molar-refractivity contribution >= 4 is 23.3 Å². The Morgan fingerprint density at radius 2 is 2.33 bits per heavy atom. The molecule has 0 saturated carbocycles. The fraction of sp³-hybridized carbons (Fsp3) is 0.143. The Bertz CT molecular complexity index is 286. The van der Waals surface area contributed by atoms with E-state index in [2.05, 4.69) is 4.98 Å². The predicted molar refractivity (Wildman–Crippen MR) is 43.9 cm³/mol. The Kier molecular flexibility index (Phi) is 2.75. The molecule has 1 N–H and O–H groups in total. The lowest BCUT2D eigenvalue weighted by Crippen LogP contribution is -3.04. The van der Waals surface area contributed by atoms with E-state index in [9.17, 15) is 10.0 Å². The van der Waals surface area contributed by atoms with Crippen LogP contribution in [0.1, 0.15) is 6.92 Å². The summed E-state index contributed by atoms with van der Waals surface area (Å²) in [4.78, 5) is 14.3. The molecular formula is C7H7ClN2O2. The summed E-state index contributed by atoms with van der Waals surface area (Å²) in [6, 6.07) is 2.94. The van der Waals surface area contributed by atoms with Crippen molar-refractivity contribution in [1.29, 1.82) is 0 Å². The highest BCUT2D eigenvalue weighted by Gasteiger charge is 2.08. The first kappa shape index (κ1) is 9.12. The zero-order chi connectivity index (χ0) is 9.14. The summed E-state index contributed by atoms with van der Waals surface area (Å²) in [6.07, 6.45) is 1.33. The molecule has 0 aliphatic carbocycles. The number of quaternary nitrogens is 1. The minimum atomic E-state index is -0.591. The number of hydrogen-bond donors (Lipinski definition) is 1. The molecule has 5 heteroatoms. The van der Waals surface area contributed by atoms with Crippen LogP contribution in [0.4, 0.5) is 5.82 Å². The van der Waals surface area contributed by atoms with E-state index >= 15 is 0 Å². The van der Waals surface area contributed by atoms with E-state index in [1.165, 1.54) is 25.3 Å². The summed E-state index contributed by atoms with van der Waals surface area (Å²) in [7, 11) is 0. The van der Waals surface area contributed by atoms with Crippen LogP contribution < -0.4 is 5.06 Å². The largest absolute Gasteiger partial charge is 0.620 e. The number of halogens is 1. The van der Waals surface area contributed by atoms with Gasteiger partial charge in [-0.25, -0.2) is 9.78 Å². The third kappa shape index (κ3) is 2.01. The lowest BCUT2D eigenvalue weighted by molar-refractivity contribution is -0.691. The SMILES string of the molecule is CC(=O)[NH+]([O-])c1ccc(Cl)cn1. The molecule has 64 valence electrons. The number of amides is 1. The number of nitrogens with one attached hydrogen (secondary N) is 1. The Morgan fingerprint density at radius 3 is 2.75 bits per heavy atom. The molecule has 1 aromatic rings. The maximum absolute atomic E-state index is 11.0. The second kappa shape index (κ2) is 3.62. The number of nitrogens with zero attached hydrogens (tertiary/aromatic N) is 1. The Morgan fingerprint density at radius 1 is 1.67 bits per heavy atom. The fourth-order valence-electron chi connectivity index (χ4n) is 0.690. The van der Waals surface area contributed by atoms with E-state index in [1.54, 1.807) is 0 Å². The molecule has 1 heterocycles. The molecule has 4 nitrogen and oxygen atoms in total. The molecule has 0 radical (unpaired) electrons. The van der Waals surface area contributed by atoms with Crippen LogP contribution in [0.2, 0.25) is 5.02 Å². The molecular weight excluding hydrogens is 180 g/mol. The fourth-order valence-corrected chi connectivity index (χ4v) is 0.802. The Labute approximate surface area is 74.4 Å². The van der Waals surface area contributed by atoms with Crippen LogP contribution in [0, 0.1) is 5.21 Å². The zero-order valence-corrected chi connectivity index (χ0v) is 7.13. The molecule has 0 spiro atoms. The summed E-state index contributed by atoms with van der Waals surface area (Å²) in [5.41, 5.74) is 0. The zero-order valence-electron chi connectivity index (χ0n) is 6.37. The van der Waals surface area contributed by atoms with Gasteiger partial charge in [0.1, 0.15) is 0 Å². The summed E-state index contributed by atoms with van der Waals surface area (Å²) in [5.74, 6) is -0.392. The topological polar surface area (TPSA) is 57.5 Å². The lowest BCUT2D eigenvalue weighted by atomic mass is 10.4. The number of carbonyl (C=O) groups is 1. The maximum Gasteiger partial charge on any atom is 0.315 e. The molecule has 0 bridgehead atoms. The van der Waals surface area contributed by atoms with Crippen LogP contribution in [0.15, 0.2) is 18.3 Å². The highest BCUT2D eigenvalue weighted by atomic mass is 35.5. The van der Waals surface area contributed by atoms with Crippen molar-refractivity contribution in [1.82, 2.24) is 4.98 Å². The standard InChI is InChI=1S/C7H7ClN2O2/c1-5(11)10(12)7-3-2-6(8)4-9-7/h2-4,10H,1H3. The first-order valence-corrected chi connectivity index (χ1v) is 3.66. The number of aromatic nitrogens is 1. The van der Waals surface area contributed by atoms with Crippen molar-refractivity contribution in [2.24, 2.45) is 0 Å². The number of pyridine rings is 1. The van der Waals surface area contributed by atoms with Gasteiger partial charge in [-0.2, -0.15) is 0 Å². The van der Waals surface area contributed by atoms with Gasteiger partial charge >= 0.3 is 5.91 Å². The normalized spacial score (nSPS) is 12.6. The third-order valence-electron chi connectivity index (χ3n) is 1.28. The highest BCUT2D eigenvalue weighted by Crippen LogP contribution is 2.06. The number of rotatable bonds is 1. The van der Waals surface area contributed by atoms with Crippen molar-refractivity contribution in [2.45, 2.75) is 6.92 Å². The summed E-state index contributed by atoms with van der Waals surface area (Å²) >= 11 is 5.54. The van der Waals surface area contributed by atoms with Gasteiger partial charge in [0.25, 0.3) is 0 Å². The monoisotopic (exact) mass is 186 g/mol. The lowest BCUT2D eigenvalue weighted by Gasteiger charge is -2.14. The average molecular weight is 187 g/mol. The number of carbonyl (C=O) groups excluding carboxylic acids is 1. The van der Waals surface area contributed by atoms with Gasteiger partial charge in [-0.05, 0) is 6.07 Å². The van der Waals surface area contributed by atoms with E-state index in [0.29, 0.717) is 5.02 Å². The molecule has 0 aromatic carbocycles. The van der Waals surface area contributed by atoms with Gasteiger partial charge in [-0.15, -0.1) is 0 Å². The smallest absolute Gasteiger partial charge is 0.315 e. The Hall–Kier alpha value is -0.970. The summed E-state index contributed by atoms with van der Waals surface area (Å²) in [6.45, 7) is 1.21. The van der Waals surface area contributed by atoms with Gasteiger partial charge in [-0.3, -0.25) is 5.06 Å². The average Bonchev–Trinajstić information content (AvgIpc) is 2.04. The number of hydroxylamine groups is 1. The molecule has 1 unspecified atom stereocenters. The van der Waals surface area contributed by atoms with E-state index in [1.807, 2.05) is 0 Å².